The van der Waals surface area contributed by atoms with Crippen molar-refractivity contribution in [3.8, 4) is 0 Å². The first-order chi connectivity index (χ1) is 14.4. The lowest BCUT2D eigenvalue weighted by Gasteiger charge is -2.05. The molecule has 168 valence electrons. The van der Waals surface area contributed by atoms with Crippen LogP contribution < -0.4 is 0 Å². The lowest BCUT2D eigenvalue weighted by molar-refractivity contribution is 0.583. The first kappa shape index (κ1) is 26.7. The largest absolute Gasteiger partial charge is 0.152 e. The predicted molar refractivity (Wildman–Crippen MR) is 139 cm³/mol. The molecule has 1 aromatic rings. The molecule has 0 aliphatic rings. The number of rotatable bonds is 15. The zero-order chi connectivity index (χ0) is 22.2. The maximum absolute atomic E-state index is 2.45. The molecule has 0 spiro atoms. The molecule has 1 aromatic heterocycles. The van der Waals surface area contributed by atoms with E-state index in [1.165, 1.54) is 80.9 Å². The molecule has 0 aromatic carbocycles. The van der Waals surface area contributed by atoms with Crippen molar-refractivity contribution in [2.45, 2.75) is 106 Å². The molecule has 0 saturated carbocycles. The van der Waals surface area contributed by atoms with Crippen LogP contribution in [0.4, 0.5) is 0 Å². The molecule has 0 unspecified atom stereocenters. The lowest BCUT2D eigenvalue weighted by Crippen LogP contribution is -1.88. The minimum absolute atomic E-state index is 0.808. The maximum atomic E-state index is 2.45. The molecule has 0 saturated heterocycles. The second kappa shape index (κ2) is 16.4. The average molecular weight is 427 g/mol. The van der Waals surface area contributed by atoms with Crippen molar-refractivity contribution in [3.63, 3.8) is 0 Å². The standard InChI is InChI=1S/C29H46S/c1-24(2)19-20-28(6)16-9-15-26(4)12-7-11-25(3)13-8-14-27(5)17-10-18-29-21-22-30-23-29/h12-13,16-17,21-24H,7-11,14-15,18-20H2,1-6H3. The maximum Gasteiger partial charge on any atom is -0.00611 e. The van der Waals surface area contributed by atoms with Crippen molar-refractivity contribution >= 4 is 11.3 Å². The van der Waals surface area contributed by atoms with Crippen molar-refractivity contribution in [2.24, 2.45) is 5.92 Å². The average Bonchev–Trinajstić information content (AvgIpc) is 3.20. The van der Waals surface area contributed by atoms with Crippen molar-refractivity contribution in [1.29, 1.82) is 0 Å². The van der Waals surface area contributed by atoms with Gasteiger partial charge in [0.2, 0.25) is 0 Å². The molecule has 1 heteroatoms. The van der Waals surface area contributed by atoms with E-state index in [0.717, 1.165) is 5.92 Å². The minimum Gasteiger partial charge on any atom is -0.152 e. The summed E-state index contributed by atoms with van der Waals surface area (Å²) in [6.45, 7) is 13.8. The molecule has 0 nitrogen and oxygen atoms in total. The van der Waals surface area contributed by atoms with Crippen LogP contribution >= 0.6 is 11.3 Å². The van der Waals surface area contributed by atoms with Gasteiger partial charge in [0.15, 0.2) is 0 Å². The van der Waals surface area contributed by atoms with E-state index in [4.69, 9.17) is 0 Å². The molecule has 0 atom stereocenters. The predicted octanol–water partition coefficient (Wildman–Crippen LogP) is 10.2. The van der Waals surface area contributed by atoms with E-state index in [1.807, 2.05) is 0 Å². The van der Waals surface area contributed by atoms with E-state index in [2.05, 4.69) is 82.7 Å². The Morgan fingerprint density at radius 1 is 0.733 bits per heavy atom. The number of allylic oxidation sites excluding steroid dienone is 8. The van der Waals surface area contributed by atoms with Gasteiger partial charge in [-0.25, -0.2) is 0 Å². The van der Waals surface area contributed by atoms with E-state index in [-0.39, 0.29) is 0 Å². The van der Waals surface area contributed by atoms with Crippen molar-refractivity contribution in [3.05, 3.63) is 69.0 Å². The fourth-order valence-corrected chi connectivity index (χ4v) is 4.19. The number of hydrogen-bond acceptors (Lipinski definition) is 1. The van der Waals surface area contributed by atoms with Gasteiger partial charge in [0.1, 0.15) is 0 Å². The SMILES string of the molecule is CC(=CCCC(C)=CCCc1ccsc1)CCC=C(C)CCC=C(C)CCC(C)C. The minimum atomic E-state index is 0.808. The Morgan fingerprint density at radius 3 is 1.63 bits per heavy atom. The van der Waals surface area contributed by atoms with Gasteiger partial charge in [-0.2, -0.15) is 11.3 Å². The lowest BCUT2D eigenvalue weighted by atomic mass is 10.0. The Bertz CT molecular complexity index is 680. The second-order valence-corrected chi connectivity index (χ2v) is 10.2. The molecule has 0 N–H and O–H groups in total. The molecule has 0 radical (unpaired) electrons. The Kier molecular flexibility index (Phi) is 14.6. The van der Waals surface area contributed by atoms with Crippen LogP contribution in [0.2, 0.25) is 0 Å². The van der Waals surface area contributed by atoms with Gasteiger partial charge >= 0.3 is 0 Å². The Labute approximate surface area is 191 Å². The topological polar surface area (TPSA) is 0 Å². The summed E-state index contributed by atoms with van der Waals surface area (Å²) in [6.07, 6.45) is 21.8. The van der Waals surface area contributed by atoms with Crippen LogP contribution in [-0.4, -0.2) is 0 Å². The van der Waals surface area contributed by atoms with Gasteiger partial charge in [-0.1, -0.05) is 60.4 Å². The van der Waals surface area contributed by atoms with Crippen molar-refractivity contribution in [2.75, 3.05) is 0 Å². The summed E-state index contributed by atoms with van der Waals surface area (Å²) in [5, 5.41) is 4.43. The summed E-state index contributed by atoms with van der Waals surface area (Å²) in [6, 6.07) is 2.24. The van der Waals surface area contributed by atoms with E-state index in [1.54, 1.807) is 22.5 Å². The molecule has 1 rings (SSSR count). The van der Waals surface area contributed by atoms with E-state index < -0.39 is 0 Å². The van der Waals surface area contributed by atoms with Crippen molar-refractivity contribution in [1.82, 2.24) is 0 Å². The van der Waals surface area contributed by atoms with Gasteiger partial charge in [-0.15, -0.1) is 0 Å². The highest BCUT2D eigenvalue weighted by atomic mass is 32.1. The first-order valence-electron chi connectivity index (χ1n) is 12.0. The zero-order valence-electron chi connectivity index (χ0n) is 20.6. The normalized spacial score (nSPS) is 14.1. The summed E-state index contributed by atoms with van der Waals surface area (Å²) in [4.78, 5) is 0. The van der Waals surface area contributed by atoms with Crippen LogP contribution in [0, 0.1) is 5.92 Å². The highest BCUT2D eigenvalue weighted by Crippen LogP contribution is 2.16. The Balaban J connectivity index is 2.18. The highest BCUT2D eigenvalue weighted by Gasteiger charge is 1.97. The van der Waals surface area contributed by atoms with Gasteiger partial charge in [0.25, 0.3) is 0 Å². The smallest absolute Gasteiger partial charge is 0.00611 e. The molecular weight excluding hydrogens is 380 g/mol. The summed E-state index contributed by atoms with van der Waals surface area (Å²) in [5.41, 5.74) is 7.64. The molecule has 0 aliphatic carbocycles. The van der Waals surface area contributed by atoms with Crippen LogP contribution in [0.5, 0.6) is 0 Å². The number of hydrogen-bond donors (Lipinski definition) is 0. The van der Waals surface area contributed by atoms with Gasteiger partial charge in [-0.3, -0.25) is 0 Å². The molecule has 0 fully saturated rings. The van der Waals surface area contributed by atoms with Gasteiger partial charge in [0.05, 0.1) is 0 Å². The molecule has 0 bridgehead atoms. The van der Waals surface area contributed by atoms with E-state index in [0.29, 0.717) is 0 Å². The summed E-state index contributed by atoms with van der Waals surface area (Å²) >= 11 is 1.80. The second-order valence-electron chi connectivity index (χ2n) is 9.42. The number of aryl methyl sites for hydroxylation is 1. The van der Waals surface area contributed by atoms with Crippen molar-refractivity contribution < 1.29 is 0 Å². The molecular formula is C29H46S. The van der Waals surface area contributed by atoms with Crippen LogP contribution in [-0.2, 0) is 6.42 Å². The number of thiophene rings is 1. The summed E-state index contributed by atoms with van der Waals surface area (Å²) < 4.78 is 0. The highest BCUT2D eigenvalue weighted by molar-refractivity contribution is 7.07. The summed E-state index contributed by atoms with van der Waals surface area (Å²) in [5.74, 6) is 0.808. The Morgan fingerprint density at radius 2 is 1.20 bits per heavy atom. The van der Waals surface area contributed by atoms with Crippen LogP contribution in [0.3, 0.4) is 0 Å². The van der Waals surface area contributed by atoms with Crippen LogP contribution in [0.1, 0.15) is 105 Å². The third-order valence-corrected chi connectivity index (χ3v) is 6.45. The van der Waals surface area contributed by atoms with E-state index >= 15 is 0 Å². The summed E-state index contributed by atoms with van der Waals surface area (Å²) in [7, 11) is 0. The Hall–Kier alpha value is -1.34. The molecule has 0 aliphatic heterocycles. The monoisotopic (exact) mass is 426 g/mol. The van der Waals surface area contributed by atoms with Gasteiger partial charge < -0.3 is 0 Å². The van der Waals surface area contributed by atoms with Crippen LogP contribution in [0.15, 0.2) is 63.4 Å². The molecule has 0 amide bonds. The van der Waals surface area contributed by atoms with Gasteiger partial charge in [-0.05, 0) is 120 Å². The van der Waals surface area contributed by atoms with Crippen LogP contribution in [0.25, 0.3) is 0 Å². The first-order valence-corrected chi connectivity index (χ1v) is 12.9. The molecule has 30 heavy (non-hydrogen) atoms. The fourth-order valence-electron chi connectivity index (χ4n) is 3.48. The van der Waals surface area contributed by atoms with Gasteiger partial charge in [0, 0.05) is 0 Å². The van der Waals surface area contributed by atoms with E-state index in [9.17, 15) is 0 Å². The fraction of sp³-hybridized carbons (Fsp3) is 0.586. The zero-order valence-corrected chi connectivity index (χ0v) is 21.4. The molecule has 1 heterocycles. The third-order valence-electron chi connectivity index (χ3n) is 5.72. The quantitative estimate of drug-likeness (QED) is 0.245. The third kappa shape index (κ3) is 14.6.